The van der Waals surface area contributed by atoms with Crippen LogP contribution in [0.2, 0.25) is 0 Å². The number of aromatic carboxylic acids is 1. The molecule has 2 fully saturated rings. The molecule has 0 radical (unpaired) electrons. The number of carbonyl (C=O) groups excluding carboxylic acids is 1. The number of hydrogen-bond donors (Lipinski definition) is 1. The smallest absolute Gasteiger partial charge is 0.337 e. The van der Waals surface area contributed by atoms with E-state index in [1.54, 1.807) is 11.8 Å². The predicted molar refractivity (Wildman–Crippen MR) is 92.7 cm³/mol. The Kier molecular flexibility index (Phi) is 4.82. The molecule has 6 nitrogen and oxygen atoms in total. The number of aromatic nitrogens is 1. The normalized spacial score (nSPS) is 24.1. The van der Waals surface area contributed by atoms with Gasteiger partial charge in [-0.05, 0) is 45.2 Å². The fourth-order valence-corrected chi connectivity index (χ4v) is 4.62. The van der Waals surface area contributed by atoms with Gasteiger partial charge >= 0.3 is 5.97 Å². The summed E-state index contributed by atoms with van der Waals surface area (Å²) in [5.41, 5.74) is 0.879. The summed E-state index contributed by atoms with van der Waals surface area (Å²) in [7, 11) is 1.83. The van der Waals surface area contributed by atoms with Crippen molar-refractivity contribution in [3.8, 4) is 0 Å². The molecule has 1 aromatic rings. The second-order valence-electron chi connectivity index (χ2n) is 7.19. The van der Waals surface area contributed by atoms with Crippen LogP contribution in [0.4, 0.5) is 0 Å². The van der Waals surface area contributed by atoms with Gasteiger partial charge in [0.05, 0.1) is 17.4 Å². The van der Waals surface area contributed by atoms with E-state index in [4.69, 9.17) is 9.84 Å². The summed E-state index contributed by atoms with van der Waals surface area (Å²) in [4.78, 5) is 30.0. The first-order valence-corrected chi connectivity index (χ1v) is 9.00. The van der Waals surface area contributed by atoms with Crippen molar-refractivity contribution in [2.24, 2.45) is 5.41 Å². The number of ether oxygens (including phenoxy) is 1. The van der Waals surface area contributed by atoms with Gasteiger partial charge in [-0.25, -0.2) is 9.78 Å². The van der Waals surface area contributed by atoms with Gasteiger partial charge in [0.1, 0.15) is 5.69 Å². The summed E-state index contributed by atoms with van der Waals surface area (Å²) < 4.78 is 5.92. The maximum Gasteiger partial charge on any atom is 0.337 e. The van der Waals surface area contributed by atoms with Crippen LogP contribution in [0, 0.1) is 12.3 Å². The van der Waals surface area contributed by atoms with Crippen molar-refractivity contribution in [1.82, 2.24) is 9.88 Å². The maximum absolute atomic E-state index is 12.9. The minimum absolute atomic E-state index is 0.0798. The highest BCUT2D eigenvalue weighted by atomic mass is 16.5. The third-order valence-electron chi connectivity index (χ3n) is 5.97. The van der Waals surface area contributed by atoms with Crippen molar-refractivity contribution in [1.29, 1.82) is 0 Å². The summed E-state index contributed by atoms with van der Waals surface area (Å²) in [6.07, 6.45) is 5.68. The highest BCUT2D eigenvalue weighted by Gasteiger charge is 2.58. The molecule has 1 spiro atoms. The van der Waals surface area contributed by atoms with Gasteiger partial charge in [-0.2, -0.15) is 0 Å². The van der Waals surface area contributed by atoms with Crippen LogP contribution in [-0.4, -0.2) is 52.7 Å². The molecule has 1 heterocycles. The Hall–Kier alpha value is -1.95. The minimum atomic E-state index is -1.03. The molecule has 1 aromatic heterocycles. The third kappa shape index (κ3) is 2.92. The molecule has 2 unspecified atom stereocenters. The van der Waals surface area contributed by atoms with Crippen molar-refractivity contribution >= 4 is 11.9 Å². The van der Waals surface area contributed by atoms with Crippen LogP contribution in [0.3, 0.4) is 0 Å². The number of pyridine rings is 1. The zero-order chi connectivity index (χ0) is 18.2. The number of carboxylic acids is 1. The lowest BCUT2D eigenvalue weighted by molar-refractivity contribution is -0.152. The highest BCUT2D eigenvalue weighted by Crippen LogP contribution is 2.56. The lowest BCUT2D eigenvalue weighted by Crippen LogP contribution is -2.64. The van der Waals surface area contributed by atoms with Crippen LogP contribution in [-0.2, 0) is 4.74 Å². The van der Waals surface area contributed by atoms with E-state index in [-0.39, 0.29) is 29.0 Å². The fraction of sp³-hybridized carbons (Fsp3) is 0.632. The molecule has 6 heteroatoms. The largest absolute Gasteiger partial charge is 0.478 e. The molecule has 0 bridgehead atoms. The Morgan fingerprint density at radius 2 is 2.04 bits per heavy atom. The molecular formula is C19H26N2O4. The molecule has 2 atom stereocenters. The quantitative estimate of drug-likeness (QED) is 0.887. The molecule has 25 heavy (non-hydrogen) atoms. The first-order chi connectivity index (χ1) is 11.9. The third-order valence-corrected chi connectivity index (χ3v) is 5.97. The monoisotopic (exact) mass is 346 g/mol. The van der Waals surface area contributed by atoms with Crippen LogP contribution in [0.15, 0.2) is 12.1 Å². The van der Waals surface area contributed by atoms with Crippen molar-refractivity contribution in [2.75, 3.05) is 13.7 Å². The maximum atomic E-state index is 12.9. The van der Waals surface area contributed by atoms with Gasteiger partial charge in [0.15, 0.2) is 0 Å². The van der Waals surface area contributed by atoms with Gasteiger partial charge in [0.25, 0.3) is 5.91 Å². The summed E-state index contributed by atoms with van der Waals surface area (Å²) in [6.45, 7) is 4.34. The molecule has 2 aliphatic carbocycles. The van der Waals surface area contributed by atoms with E-state index in [1.807, 2.05) is 14.0 Å². The van der Waals surface area contributed by atoms with Crippen LogP contribution < -0.4 is 0 Å². The van der Waals surface area contributed by atoms with E-state index in [1.165, 1.54) is 25.0 Å². The standard InChI is InChI=1S/C19H26N2O4/c1-4-25-16-11-15(19(16)9-5-6-10-19)21(3)17(22)14-8-7-13(18(23)24)12(2)20-14/h7-8,15-16H,4-6,9-11H2,1-3H3,(H,23,24). The zero-order valence-electron chi connectivity index (χ0n) is 15.1. The number of aryl methyl sites for hydroxylation is 1. The average Bonchev–Trinajstić information content (AvgIpc) is 3.09. The second-order valence-corrected chi connectivity index (χ2v) is 7.19. The number of carboxylic acid groups (broad SMARTS) is 1. The molecule has 2 aliphatic rings. The van der Waals surface area contributed by atoms with Crippen molar-refractivity contribution in [3.05, 3.63) is 29.1 Å². The molecule has 3 rings (SSSR count). The number of carbonyl (C=O) groups is 2. The fourth-order valence-electron chi connectivity index (χ4n) is 4.62. The topological polar surface area (TPSA) is 79.7 Å². The summed E-state index contributed by atoms with van der Waals surface area (Å²) in [5.74, 6) is -1.17. The molecule has 1 N–H and O–H groups in total. The van der Waals surface area contributed by atoms with E-state index in [0.717, 1.165) is 19.3 Å². The highest BCUT2D eigenvalue weighted by molar-refractivity contribution is 5.94. The van der Waals surface area contributed by atoms with E-state index < -0.39 is 5.97 Å². The first-order valence-electron chi connectivity index (χ1n) is 9.00. The Morgan fingerprint density at radius 3 is 2.60 bits per heavy atom. The Labute approximate surface area is 148 Å². The lowest BCUT2D eigenvalue weighted by Gasteiger charge is -2.56. The van der Waals surface area contributed by atoms with Crippen LogP contribution in [0.5, 0.6) is 0 Å². The van der Waals surface area contributed by atoms with Gasteiger partial charge in [-0.15, -0.1) is 0 Å². The van der Waals surface area contributed by atoms with Gasteiger partial charge in [-0.3, -0.25) is 4.79 Å². The number of hydrogen-bond acceptors (Lipinski definition) is 4. The van der Waals surface area contributed by atoms with Crippen molar-refractivity contribution in [2.45, 2.75) is 58.1 Å². The summed E-state index contributed by atoms with van der Waals surface area (Å²) in [6, 6.07) is 3.14. The first kappa shape index (κ1) is 17.9. The molecule has 0 saturated heterocycles. The molecular weight excluding hydrogens is 320 g/mol. The van der Waals surface area contributed by atoms with Gasteiger partial charge in [0, 0.05) is 25.1 Å². The average molecular weight is 346 g/mol. The van der Waals surface area contributed by atoms with Crippen LogP contribution in [0.1, 0.15) is 65.6 Å². The number of amides is 1. The zero-order valence-corrected chi connectivity index (χ0v) is 15.1. The van der Waals surface area contributed by atoms with E-state index >= 15 is 0 Å². The van der Waals surface area contributed by atoms with E-state index in [9.17, 15) is 9.59 Å². The van der Waals surface area contributed by atoms with Crippen LogP contribution in [0.25, 0.3) is 0 Å². The minimum Gasteiger partial charge on any atom is -0.478 e. The van der Waals surface area contributed by atoms with Crippen molar-refractivity contribution < 1.29 is 19.4 Å². The van der Waals surface area contributed by atoms with Crippen LogP contribution >= 0.6 is 0 Å². The molecule has 136 valence electrons. The Bertz CT molecular complexity index is 682. The SMILES string of the molecule is CCOC1CC(N(C)C(=O)c2ccc(C(=O)O)c(C)n2)C12CCCC2. The van der Waals surface area contributed by atoms with Gasteiger partial charge < -0.3 is 14.7 Å². The lowest BCUT2D eigenvalue weighted by atomic mass is 9.60. The van der Waals surface area contributed by atoms with E-state index in [2.05, 4.69) is 4.98 Å². The Balaban J connectivity index is 1.79. The predicted octanol–water partition coefficient (Wildman–Crippen LogP) is 2.90. The Morgan fingerprint density at radius 1 is 1.36 bits per heavy atom. The molecule has 0 aromatic carbocycles. The van der Waals surface area contributed by atoms with Gasteiger partial charge in [0.2, 0.25) is 0 Å². The molecule has 1 amide bonds. The van der Waals surface area contributed by atoms with Gasteiger partial charge in [-0.1, -0.05) is 12.8 Å². The summed E-state index contributed by atoms with van der Waals surface area (Å²) in [5, 5.41) is 9.11. The molecule has 2 saturated carbocycles. The van der Waals surface area contributed by atoms with Crippen molar-refractivity contribution in [3.63, 3.8) is 0 Å². The number of nitrogens with zero attached hydrogens (tertiary/aromatic N) is 2. The van der Waals surface area contributed by atoms with E-state index in [0.29, 0.717) is 18.0 Å². The molecule has 0 aliphatic heterocycles. The summed E-state index contributed by atoms with van der Waals surface area (Å²) >= 11 is 0. The number of rotatable bonds is 5. The second kappa shape index (κ2) is 6.75.